The van der Waals surface area contributed by atoms with E-state index in [1.165, 1.54) is 19.3 Å². The molecule has 0 aromatic heterocycles. The molecule has 0 heterocycles. The maximum Gasteiger partial charge on any atom is 0.253 e. The first-order valence-corrected chi connectivity index (χ1v) is 7.90. The van der Waals surface area contributed by atoms with Crippen LogP contribution < -0.4 is 11.1 Å². The van der Waals surface area contributed by atoms with E-state index in [2.05, 4.69) is 12.2 Å². The first kappa shape index (κ1) is 17.8. The minimum Gasteiger partial charge on any atom is -0.397 e. The highest BCUT2D eigenvalue weighted by atomic mass is 35.5. The predicted molar refractivity (Wildman–Crippen MR) is 88.7 cm³/mol. The van der Waals surface area contributed by atoms with Crippen molar-refractivity contribution in [3.05, 3.63) is 23.2 Å². The van der Waals surface area contributed by atoms with Gasteiger partial charge in [0.1, 0.15) is 6.10 Å². The quantitative estimate of drug-likeness (QED) is 0.529. The molecule has 1 aromatic rings. The Balaban J connectivity index is 2.32. The van der Waals surface area contributed by atoms with E-state index in [-0.39, 0.29) is 5.91 Å². The zero-order valence-corrected chi connectivity index (χ0v) is 13.6. The third-order valence-corrected chi connectivity index (χ3v) is 3.49. The number of halogens is 1. The monoisotopic (exact) mass is 312 g/mol. The molecule has 118 valence electrons. The summed E-state index contributed by atoms with van der Waals surface area (Å²) in [7, 11) is 0. The molecular formula is C16H25ClN2O2. The van der Waals surface area contributed by atoms with Crippen LogP contribution >= 0.6 is 11.6 Å². The van der Waals surface area contributed by atoms with E-state index in [9.17, 15) is 4.79 Å². The smallest absolute Gasteiger partial charge is 0.253 e. The average Bonchev–Trinajstić information content (AvgIpc) is 2.46. The lowest BCUT2D eigenvalue weighted by Gasteiger charge is -2.14. The van der Waals surface area contributed by atoms with Crippen LogP contribution in [0.25, 0.3) is 0 Å². The Bertz CT molecular complexity index is 452. The maximum atomic E-state index is 12.0. The number of nitrogens with two attached hydrogens (primary N) is 1. The van der Waals surface area contributed by atoms with E-state index in [0.717, 1.165) is 12.8 Å². The highest BCUT2D eigenvalue weighted by Gasteiger charge is 2.14. The molecule has 5 heteroatoms. The van der Waals surface area contributed by atoms with Crippen LogP contribution in [0.3, 0.4) is 0 Å². The second-order valence-electron chi connectivity index (χ2n) is 5.15. The van der Waals surface area contributed by atoms with Crippen molar-refractivity contribution in [3.8, 4) is 0 Å². The van der Waals surface area contributed by atoms with Crippen LogP contribution in [-0.4, -0.2) is 18.6 Å². The maximum absolute atomic E-state index is 12.0. The van der Waals surface area contributed by atoms with Gasteiger partial charge in [0.25, 0.3) is 5.91 Å². The van der Waals surface area contributed by atoms with Crippen LogP contribution in [0, 0.1) is 0 Å². The topological polar surface area (TPSA) is 64.3 Å². The third kappa shape index (κ3) is 6.82. The van der Waals surface area contributed by atoms with E-state index in [1.54, 1.807) is 25.1 Å². The van der Waals surface area contributed by atoms with E-state index >= 15 is 0 Å². The predicted octanol–water partition coefficient (Wildman–Crippen LogP) is 4.24. The van der Waals surface area contributed by atoms with Crippen LogP contribution in [0.1, 0.15) is 46.0 Å². The molecule has 0 saturated carbocycles. The Morgan fingerprint density at radius 2 is 2.05 bits per heavy atom. The molecule has 0 saturated heterocycles. The van der Waals surface area contributed by atoms with Crippen LogP contribution in [0.4, 0.5) is 11.4 Å². The molecule has 3 N–H and O–H groups in total. The molecular weight excluding hydrogens is 288 g/mol. The van der Waals surface area contributed by atoms with Crippen molar-refractivity contribution in [3.63, 3.8) is 0 Å². The molecule has 1 unspecified atom stereocenters. The summed E-state index contributed by atoms with van der Waals surface area (Å²) in [4.78, 5) is 12.0. The molecule has 0 spiro atoms. The number of unbranched alkanes of at least 4 members (excludes halogenated alkanes) is 4. The minimum absolute atomic E-state index is 0.211. The van der Waals surface area contributed by atoms with Crippen molar-refractivity contribution < 1.29 is 9.53 Å². The number of hydrogen-bond acceptors (Lipinski definition) is 3. The molecule has 0 aliphatic carbocycles. The van der Waals surface area contributed by atoms with Crippen LogP contribution in [-0.2, 0) is 9.53 Å². The number of carbonyl (C=O) groups is 1. The van der Waals surface area contributed by atoms with E-state index < -0.39 is 6.10 Å². The van der Waals surface area contributed by atoms with Crippen molar-refractivity contribution in [2.45, 2.75) is 52.1 Å². The molecule has 1 amide bonds. The van der Waals surface area contributed by atoms with Crippen LogP contribution in [0.2, 0.25) is 5.02 Å². The fourth-order valence-electron chi connectivity index (χ4n) is 1.91. The Morgan fingerprint density at radius 1 is 1.33 bits per heavy atom. The summed E-state index contributed by atoms with van der Waals surface area (Å²) < 4.78 is 5.54. The third-order valence-electron chi connectivity index (χ3n) is 3.26. The lowest BCUT2D eigenvalue weighted by Crippen LogP contribution is -2.28. The molecule has 0 fully saturated rings. The molecule has 1 aromatic carbocycles. The number of rotatable bonds is 9. The van der Waals surface area contributed by atoms with Gasteiger partial charge in [-0.2, -0.15) is 0 Å². The van der Waals surface area contributed by atoms with Crippen molar-refractivity contribution in [1.29, 1.82) is 0 Å². The van der Waals surface area contributed by atoms with E-state index in [4.69, 9.17) is 22.1 Å². The number of benzene rings is 1. The molecule has 4 nitrogen and oxygen atoms in total. The van der Waals surface area contributed by atoms with Gasteiger partial charge in [-0.05, 0) is 31.5 Å². The number of hydrogen-bond donors (Lipinski definition) is 2. The first-order valence-electron chi connectivity index (χ1n) is 7.52. The van der Waals surface area contributed by atoms with Gasteiger partial charge in [0.2, 0.25) is 0 Å². The van der Waals surface area contributed by atoms with Crippen molar-refractivity contribution >= 4 is 28.9 Å². The lowest BCUT2D eigenvalue weighted by molar-refractivity contribution is -0.126. The summed E-state index contributed by atoms with van der Waals surface area (Å²) in [5.74, 6) is -0.211. The average molecular weight is 313 g/mol. The van der Waals surface area contributed by atoms with Gasteiger partial charge in [-0.1, -0.05) is 44.2 Å². The molecule has 0 aliphatic rings. The van der Waals surface area contributed by atoms with Gasteiger partial charge in [-0.25, -0.2) is 0 Å². The van der Waals surface area contributed by atoms with Crippen molar-refractivity contribution in [1.82, 2.24) is 0 Å². The summed E-state index contributed by atoms with van der Waals surface area (Å²) in [6.07, 6.45) is 5.32. The molecule has 21 heavy (non-hydrogen) atoms. The number of ether oxygens (including phenoxy) is 1. The highest BCUT2D eigenvalue weighted by molar-refractivity contribution is 6.31. The standard InChI is InChI=1S/C16H25ClN2O2/c1-3-4-5-6-7-10-21-12(2)16(20)19-15-11-13(17)8-9-14(15)18/h8-9,11-12H,3-7,10,18H2,1-2H3,(H,19,20). The van der Waals surface area contributed by atoms with Gasteiger partial charge in [0.15, 0.2) is 0 Å². The van der Waals surface area contributed by atoms with Crippen LogP contribution in [0.5, 0.6) is 0 Å². The van der Waals surface area contributed by atoms with Crippen molar-refractivity contribution in [2.24, 2.45) is 0 Å². The zero-order valence-electron chi connectivity index (χ0n) is 12.8. The zero-order chi connectivity index (χ0) is 15.7. The van der Waals surface area contributed by atoms with Gasteiger partial charge in [0.05, 0.1) is 11.4 Å². The SMILES string of the molecule is CCCCCCCOC(C)C(=O)Nc1cc(Cl)ccc1N. The Morgan fingerprint density at radius 3 is 2.76 bits per heavy atom. The second kappa shape index (κ2) is 9.64. The second-order valence-corrected chi connectivity index (χ2v) is 5.58. The van der Waals surface area contributed by atoms with Crippen molar-refractivity contribution in [2.75, 3.05) is 17.7 Å². The van der Waals surface area contributed by atoms with Gasteiger partial charge in [-0.3, -0.25) is 4.79 Å². The van der Waals surface area contributed by atoms with Crippen LogP contribution in [0.15, 0.2) is 18.2 Å². The number of nitrogens with one attached hydrogen (secondary N) is 1. The molecule has 0 aliphatic heterocycles. The summed E-state index contributed by atoms with van der Waals surface area (Å²) in [5, 5.41) is 3.27. The number of anilines is 2. The highest BCUT2D eigenvalue weighted by Crippen LogP contribution is 2.23. The van der Waals surface area contributed by atoms with E-state index in [0.29, 0.717) is 23.0 Å². The lowest BCUT2D eigenvalue weighted by atomic mass is 10.2. The van der Waals surface area contributed by atoms with Gasteiger partial charge >= 0.3 is 0 Å². The molecule has 0 radical (unpaired) electrons. The van der Waals surface area contributed by atoms with E-state index in [1.807, 2.05) is 0 Å². The largest absolute Gasteiger partial charge is 0.397 e. The number of nitrogen functional groups attached to an aromatic ring is 1. The van der Waals surface area contributed by atoms with Gasteiger partial charge in [0, 0.05) is 11.6 Å². The fourth-order valence-corrected chi connectivity index (χ4v) is 2.08. The Kier molecular flexibility index (Phi) is 8.16. The normalized spacial score (nSPS) is 12.1. The minimum atomic E-state index is -0.505. The Labute approximate surface area is 132 Å². The first-order chi connectivity index (χ1) is 10.0. The summed E-state index contributed by atoms with van der Waals surface area (Å²) >= 11 is 5.89. The number of carbonyl (C=O) groups excluding carboxylic acids is 1. The summed E-state index contributed by atoms with van der Waals surface area (Å²) in [6, 6.07) is 4.98. The van der Waals surface area contributed by atoms with Gasteiger partial charge in [-0.15, -0.1) is 0 Å². The van der Waals surface area contributed by atoms with Gasteiger partial charge < -0.3 is 15.8 Å². The molecule has 1 rings (SSSR count). The fraction of sp³-hybridized carbons (Fsp3) is 0.562. The Hall–Kier alpha value is -1.26. The molecule has 1 atom stereocenters. The summed E-state index contributed by atoms with van der Waals surface area (Å²) in [5.41, 5.74) is 6.80. The molecule has 0 bridgehead atoms. The summed E-state index contributed by atoms with van der Waals surface area (Å²) in [6.45, 7) is 4.52. The number of amides is 1.